The van der Waals surface area contributed by atoms with E-state index in [0.717, 1.165) is 16.7 Å². The predicted octanol–water partition coefficient (Wildman–Crippen LogP) is 4.42. The lowest BCUT2D eigenvalue weighted by Gasteiger charge is -2.12. The van der Waals surface area contributed by atoms with Gasteiger partial charge in [-0.1, -0.05) is 60.7 Å². The molecule has 0 radical (unpaired) electrons. The Labute approximate surface area is 147 Å². The highest BCUT2D eigenvalue weighted by atomic mass is 16.5. The largest absolute Gasteiger partial charge is 0.473 e. The highest BCUT2D eigenvalue weighted by molar-refractivity contribution is 5.46. The van der Waals surface area contributed by atoms with E-state index in [1.54, 1.807) is 6.07 Å². The fraction of sp³-hybridized carbons (Fsp3) is 0.143. The van der Waals surface area contributed by atoms with Crippen molar-refractivity contribution in [1.29, 1.82) is 5.26 Å². The van der Waals surface area contributed by atoms with Crippen molar-refractivity contribution in [1.82, 2.24) is 4.98 Å². The van der Waals surface area contributed by atoms with Gasteiger partial charge in [0.2, 0.25) is 11.8 Å². The molecule has 3 aromatic rings. The molecule has 1 aromatic heterocycles. The van der Waals surface area contributed by atoms with Gasteiger partial charge in [0.1, 0.15) is 24.8 Å². The predicted molar refractivity (Wildman–Crippen MR) is 95.2 cm³/mol. The maximum Gasteiger partial charge on any atom is 0.235 e. The smallest absolute Gasteiger partial charge is 0.235 e. The first-order valence-electron chi connectivity index (χ1n) is 8.01. The van der Waals surface area contributed by atoms with Gasteiger partial charge in [-0.3, -0.25) is 0 Å². The SMILES string of the molecule is Cc1cc(OCc2ccccc2)nc(OCc2ccccc2)c1C#N. The normalized spacial score (nSPS) is 10.1. The summed E-state index contributed by atoms with van der Waals surface area (Å²) in [6.45, 7) is 2.62. The second-order valence-corrected chi connectivity index (χ2v) is 5.62. The first-order valence-corrected chi connectivity index (χ1v) is 8.01. The van der Waals surface area contributed by atoms with Crippen LogP contribution in [0.1, 0.15) is 22.3 Å². The molecule has 0 spiro atoms. The molecule has 4 nitrogen and oxygen atoms in total. The first-order chi connectivity index (χ1) is 12.3. The van der Waals surface area contributed by atoms with Crippen LogP contribution in [-0.4, -0.2) is 4.98 Å². The van der Waals surface area contributed by atoms with Crippen molar-refractivity contribution >= 4 is 0 Å². The van der Waals surface area contributed by atoms with Crippen LogP contribution in [0.4, 0.5) is 0 Å². The van der Waals surface area contributed by atoms with E-state index in [1.807, 2.05) is 67.6 Å². The Hall–Kier alpha value is -3.32. The lowest BCUT2D eigenvalue weighted by atomic mass is 10.1. The molecule has 4 heteroatoms. The second-order valence-electron chi connectivity index (χ2n) is 5.62. The summed E-state index contributed by atoms with van der Waals surface area (Å²) in [7, 11) is 0. The molecule has 0 amide bonds. The van der Waals surface area contributed by atoms with Crippen molar-refractivity contribution in [2.45, 2.75) is 20.1 Å². The average Bonchev–Trinajstić information content (AvgIpc) is 2.66. The number of hydrogen-bond acceptors (Lipinski definition) is 4. The fourth-order valence-electron chi connectivity index (χ4n) is 2.39. The summed E-state index contributed by atoms with van der Waals surface area (Å²) in [5.41, 5.74) is 3.28. The van der Waals surface area contributed by atoms with Crippen molar-refractivity contribution in [3.05, 3.63) is 89.0 Å². The molecule has 0 aliphatic heterocycles. The number of aryl methyl sites for hydroxylation is 1. The Morgan fingerprint density at radius 2 is 1.44 bits per heavy atom. The zero-order valence-electron chi connectivity index (χ0n) is 14.0. The second kappa shape index (κ2) is 7.98. The minimum absolute atomic E-state index is 0.300. The van der Waals surface area contributed by atoms with E-state index >= 15 is 0 Å². The molecule has 1 heterocycles. The van der Waals surface area contributed by atoms with E-state index in [0.29, 0.717) is 30.5 Å². The van der Waals surface area contributed by atoms with Gasteiger partial charge < -0.3 is 9.47 Å². The number of nitriles is 1. The third kappa shape index (κ3) is 4.36. The third-order valence-corrected chi connectivity index (χ3v) is 3.72. The summed E-state index contributed by atoms with van der Waals surface area (Å²) in [5.74, 6) is 0.748. The molecule has 0 aliphatic carbocycles. The number of hydrogen-bond donors (Lipinski definition) is 0. The van der Waals surface area contributed by atoms with Gasteiger partial charge in [-0.2, -0.15) is 10.2 Å². The molecule has 0 fully saturated rings. The summed E-state index contributed by atoms with van der Waals surface area (Å²) in [5, 5.41) is 9.38. The van der Waals surface area contributed by atoms with Gasteiger partial charge in [0.05, 0.1) is 0 Å². The monoisotopic (exact) mass is 330 g/mol. The Morgan fingerprint density at radius 1 is 0.880 bits per heavy atom. The maximum atomic E-state index is 9.38. The number of nitrogens with zero attached hydrogens (tertiary/aromatic N) is 2. The summed E-state index contributed by atoms with van der Waals surface area (Å²) >= 11 is 0. The third-order valence-electron chi connectivity index (χ3n) is 3.72. The van der Waals surface area contributed by atoms with Crippen LogP contribution in [0.2, 0.25) is 0 Å². The van der Waals surface area contributed by atoms with Crippen LogP contribution in [0.5, 0.6) is 11.8 Å². The van der Waals surface area contributed by atoms with Crippen LogP contribution >= 0.6 is 0 Å². The van der Waals surface area contributed by atoms with Crippen LogP contribution in [0, 0.1) is 18.3 Å². The van der Waals surface area contributed by atoms with Crippen molar-refractivity contribution < 1.29 is 9.47 Å². The number of benzene rings is 2. The zero-order valence-corrected chi connectivity index (χ0v) is 14.0. The van der Waals surface area contributed by atoms with E-state index < -0.39 is 0 Å². The van der Waals surface area contributed by atoms with Crippen LogP contribution in [0.25, 0.3) is 0 Å². The summed E-state index contributed by atoms with van der Waals surface area (Å²) in [4.78, 5) is 4.37. The van der Waals surface area contributed by atoms with Crippen LogP contribution in [0.3, 0.4) is 0 Å². The molecular weight excluding hydrogens is 312 g/mol. The molecular formula is C21H18N2O2. The fourth-order valence-corrected chi connectivity index (χ4v) is 2.39. The molecule has 0 saturated carbocycles. The van der Waals surface area contributed by atoms with Gasteiger partial charge in [0, 0.05) is 6.07 Å². The topological polar surface area (TPSA) is 55.1 Å². The highest BCUT2D eigenvalue weighted by Crippen LogP contribution is 2.25. The highest BCUT2D eigenvalue weighted by Gasteiger charge is 2.12. The maximum absolute atomic E-state index is 9.38. The molecule has 0 bridgehead atoms. The first kappa shape index (κ1) is 16.5. The number of aromatic nitrogens is 1. The summed E-state index contributed by atoms with van der Waals surface area (Å²) in [6, 6.07) is 23.6. The minimum Gasteiger partial charge on any atom is -0.473 e. The lowest BCUT2D eigenvalue weighted by molar-refractivity contribution is 0.266. The summed E-state index contributed by atoms with van der Waals surface area (Å²) in [6.07, 6.45) is 0. The molecule has 0 aliphatic rings. The van der Waals surface area contributed by atoms with Gasteiger partial charge in [0.25, 0.3) is 0 Å². The van der Waals surface area contributed by atoms with Crippen LogP contribution in [-0.2, 0) is 13.2 Å². The Kier molecular flexibility index (Phi) is 5.28. The summed E-state index contributed by atoms with van der Waals surface area (Å²) < 4.78 is 11.5. The van der Waals surface area contributed by atoms with E-state index in [1.165, 1.54) is 0 Å². The van der Waals surface area contributed by atoms with Crippen molar-refractivity contribution in [3.8, 4) is 17.8 Å². The van der Waals surface area contributed by atoms with Gasteiger partial charge in [-0.05, 0) is 23.6 Å². The molecule has 25 heavy (non-hydrogen) atoms. The zero-order chi connectivity index (χ0) is 17.5. The van der Waals surface area contributed by atoms with Crippen molar-refractivity contribution in [2.75, 3.05) is 0 Å². The van der Waals surface area contributed by atoms with E-state index in [9.17, 15) is 5.26 Å². The Balaban J connectivity index is 1.76. The molecule has 0 unspecified atom stereocenters. The van der Waals surface area contributed by atoms with Gasteiger partial charge in [-0.25, -0.2) is 0 Å². The quantitative estimate of drug-likeness (QED) is 0.671. The van der Waals surface area contributed by atoms with Crippen LogP contribution < -0.4 is 9.47 Å². The van der Waals surface area contributed by atoms with Crippen molar-refractivity contribution in [2.24, 2.45) is 0 Å². The average molecular weight is 330 g/mol. The molecule has 0 N–H and O–H groups in total. The standard InChI is InChI=1S/C21H18N2O2/c1-16-12-20(24-14-17-8-4-2-5-9-17)23-21(19(16)13-22)25-15-18-10-6-3-7-11-18/h2-12H,14-15H2,1H3. The van der Waals surface area contributed by atoms with E-state index in [-0.39, 0.29) is 0 Å². The Bertz CT molecular complexity index is 872. The van der Waals surface area contributed by atoms with E-state index in [2.05, 4.69) is 11.1 Å². The van der Waals surface area contributed by atoms with E-state index in [4.69, 9.17) is 9.47 Å². The molecule has 0 atom stereocenters. The minimum atomic E-state index is 0.300. The van der Waals surface area contributed by atoms with Gasteiger partial charge >= 0.3 is 0 Å². The molecule has 3 rings (SSSR count). The molecule has 2 aromatic carbocycles. The molecule has 124 valence electrons. The van der Waals surface area contributed by atoms with Crippen LogP contribution in [0.15, 0.2) is 66.7 Å². The number of pyridine rings is 1. The number of rotatable bonds is 6. The van der Waals surface area contributed by atoms with Gasteiger partial charge in [-0.15, -0.1) is 0 Å². The van der Waals surface area contributed by atoms with Gasteiger partial charge in [0.15, 0.2) is 0 Å². The number of ether oxygens (including phenoxy) is 2. The molecule has 0 saturated heterocycles. The van der Waals surface area contributed by atoms with Crippen molar-refractivity contribution in [3.63, 3.8) is 0 Å². The lowest BCUT2D eigenvalue weighted by Crippen LogP contribution is -2.04. The Morgan fingerprint density at radius 3 is 2.00 bits per heavy atom.